The molecule has 21 heavy (non-hydrogen) atoms. The van der Waals surface area contributed by atoms with E-state index >= 15 is 0 Å². The number of aromatic nitrogens is 2. The summed E-state index contributed by atoms with van der Waals surface area (Å²) in [5, 5.41) is 8.51. The number of rotatable bonds is 8. The number of hydrogen-bond acceptors (Lipinski definition) is 3. The van der Waals surface area contributed by atoms with E-state index in [9.17, 15) is 0 Å². The van der Waals surface area contributed by atoms with Gasteiger partial charge in [-0.3, -0.25) is 0 Å². The van der Waals surface area contributed by atoms with Crippen LogP contribution >= 0.6 is 11.6 Å². The molecule has 1 N–H and O–H groups in total. The normalized spacial score (nSPS) is 11.0. The lowest BCUT2D eigenvalue weighted by Crippen LogP contribution is -2.20. The molecule has 1 aromatic heterocycles. The lowest BCUT2D eigenvalue weighted by atomic mass is 10.2. The van der Waals surface area contributed by atoms with Crippen molar-refractivity contribution in [3.8, 4) is 5.69 Å². The SMILES string of the molecule is COCCNCCCc1cnn(-c2ccc(C)c(Cl)c2)c1. The molecule has 0 bridgehead atoms. The van der Waals surface area contributed by atoms with Crippen LogP contribution in [0.1, 0.15) is 17.5 Å². The van der Waals surface area contributed by atoms with Crippen LogP contribution in [0, 0.1) is 6.92 Å². The minimum atomic E-state index is 0.756. The van der Waals surface area contributed by atoms with Gasteiger partial charge in [0.2, 0.25) is 0 Å². The molecule has 5 heteroatoms. The zero-order valence-electron chi connectivity index (χ0n) is 12.6. The summed E-state index contributed by atoms with van der Waals surface area (Å²) in [6.07, 6.45) is 6.09. The van der Waals surface area contributed by atoms with Crippen molar-refractivity contribution in [3.05, 3.63) is 46.7 Å². The second kappa shape index (κ2) is 8.17. The molecule has 2 rings (SSSR count). The molecule has 1 aromatic carbocycles. The molecule has 0 atom stereocenters. The van der Waals surface area contributed by atoms with E-state index in [-0.39, 0.29) is 0 Å². The van der Waals surface area contributed by atoms with E-state index in [1.54, 1.807) is 7.11 Å². The van der Waals surface area contributed by atoms with Gasteiger partial charge in [-0.05, 0) is 49.6 Å². The maximum Gasteiger partial charge on any atom is 0.0660 e. The molecule has 0 aliphatic heterocycles. The fraction of sp³-hybridized carbons (Fsp3) is 0.438. The third-order valence-corrected chi connectivity index (χ3v) is 3.77. The van der Waals surface area contributed by atoms with Crippen molar-refractivity contribution in [2.24, 2.45) is 0 Å². The van der Waals surface area contributed by atoms with Crippen LogP contribution < -0.4 is 5.32 Å². The molecule has 0 spiro atoms. The van der Waals surface area contributed by atoms with E-state index in [4.69, 9.17) is 16.3 Å². The van der Waals surface area contributed by atoms with Crippen molar-refractivity contribution >= 4 is 11.6 Å². The molecule has 0 fully saturated rings. The van der Waals surface area contributed by atoms with Gasteiger partial charge in [0.25, 0.3) is 0 Å². The van der Waals surface area contributed by atoms with Gasteiger partial charge in [-0.2, -0.15) is 5.10 Å². The van der Waals surface area contributed by atoms with Gasteiger partial charge in [0, 0.05) is 24.9 Å². The minimum Gasteiger partial charge on any atom is -0.383 e. The van der Waals surface area contributed by atoms with Gasteiger partial charge in [-0.15, -0.1) is 0 Å². The first-order valence-corrected chi connectivity index (χ1v) is 7.58. The smallest absolute Gasteiger partial charge is 0.0660 e. The fourth-order valence-corrected chi connectivity index (χ4v) is 2.25. The highest BCUT2D eigenvalue weighted by atomic mass is 35.5. The van der Waals surface area contributed by atoms with Crippen LogP contribution in [0.3, 0.4) is 0 Å². The van der Waals surface area contributed by atoms with Gasteiger partial charge >= 0.3 is 0 Å². The molecule has 0 radical (unpaired) electrons. The summed E-state index contributed by atoms with van der Waals surface area (Å²) in [5.74, 6) is 0. The summed E-state index contributed by atoms with van der Waals surface area (Å²) in [5.41, 5.74) is 3.31. The molecule has 2 aromatic rings. The lowest BCUT2D eigenvalue weighted by Gasteiger charge is -2.04. The third kappa shape index (κ3) is 4.84. The van der Waals surface area contributed by atoms with Gasteiger partial charge in [0.1, 0.15) is 0 Å². The second-order valence-electron chi connectivity index (χ2n) is 5.07. The molecule has 114 valence electrons. The first-order valence-electron chi connectivity index (χ1n) is 7.20. The van der Waals surface area contributed by atoms with Crippen molar-refractivity contribution in [1.29, 1.82) is 0 Å². The topological polar surface area (TPSA) is 39.1 Å². The number of ether oxygens (including phenoxy) is 1. The quantitative estimate of drug-likeness (QED) is 0.762. The highest BCUT2D eigenvalue weighted by molar-refractivity contribution is 6.31. The Bertz CT molecular complexity index is 568. The van der Waals surface area contributed by atoms with Crippen LogP contribution in [0.25, 0.3) is 5.69 Å². The second-order valence-corrected chi connectivity index (χ2v) is 5.48. The average Bonchev–Trinajstić information content (AvgIpc) is 2.94. The molecule has 0 amide bonds. The van der Waals surface area contributed by atoms with Crippen molar-refractivity contribution in [3.63, 3.8) is 0 Å². The van der Waals surface area contributed by atoms with E-state index in [1.807, 2.05) is 36.0 Å². The lowest BCUT2D eigenvalue weighted by molar-refractivity contribution is 0.199. The van der Waals surface area contributed by atoms with Gasteiger partial charge in [-0.1, -0.05) is 17.7 Å². The summed E-state index contributed by atoms with van der Waals surface area (Å²) in [6, 6.07) is 5.99. The van der Waals surface area contributed by atoms with Gasteiger partial charge in [0.05, 0.1) is 18.5 Å². The van der Waals surface area contributed by atoms with Crippen molar-refractivity contribution < 1.29 is 4.74 Å². The zero-order valence-corrected chi connectivity index (χ0v) is 13.4. The Morgan fingerprint density at radius 1 is 1.33 bits per heavy atom. The molecule has 0 aliphatic carbocycles. The Morgan fingerprint density at radius 2 is 2.19 bits per heavy atom. The number of halogens is 1. The number of nitrogens with zero attached hydrogens (tertiary/aromatic N) is 2. The highest BCUT2D eigenvalue weighted by Crippen LogP contribution is 2.19. The van der Waals surface area contributed by atoms with Crippen LogP contribution in [0.2, 0.25) is 5.02 Å². The molecule has 0 unspecified atom stereocenters. The molecular formula is C16H22ClN3O. The number of aryl methyl sites for hydroxylation is 2. The first kappa shape index (κ1) is 16.0. The molecular weight excluding hydrogens is 286 g/mol. The Labute approximate surface area is 131 Å². The minimum absolute atomic E-state index is 0.756. The Balaban J connectivity index is 1.85. The van der Waals surface area contributed by atoms with Crippen LogP contribution in [0.4, 0.5) is 0 Å². The first-order chi connectivity index (χ1) is 10.2. The highest BCUT2D eigenvalue weighted by Gasteiger charge is 2.03. The van der Waals surface area contributed by atoms with Crippen LogP contribution in [0.15, 0.2) is 30.6 Å². The number of benzene rings is 1. The molecule has 0 saturated heterocycles. The molecule has 1 heterocycles. The molecule has 0 aliphatic rings. The maximum atomic E-state index is 6.15. The Morgan fingerprint density at radius 3 is 2.95 bits per heavy atom. The number of nitrogens with one attached hydrogen (secondary N) is 1. The number of hydrogen-bond donors (Lipinski definition) is 1. The summed E-state index contributed by atoms with van der Waals surface area (Å²) in [6.45, 7) is 4.64. The largest absolute Gasteiger partial charge is 0.383 e. The Kier molecular flexibility index (Phi) is 6.23. The van der Waals surface area contributed by atoms with Gasteiger partial charge < -0.3 is 10.1 Å². The van der Waals surface area contributed by atoms with E-state index in [0.717, 1.165) is 48.8 Å². The number of methoxy groups -OCH3 is 1. The van der Waals surface area contributed by atoms with E-state index in [2.05, 4.69) is 16.6 Å². The maximum absolute atomic E-state index is 6.15. The van der Waals surface area contributed by atoms with E-state index in [1.165, 1.54) is 5.56 Å². The molecule has 0 saturated carbocycles. The predicted molar refractivity (Wildman–Crippen MR) is 86.4 cm³/mol. The predicted octanol–water partition coefficient (Wildman–Crippen LogP) is 3.00. The van der Waals surface area contributed by atoms with Crippen molar-refractivity contribution in [2.45, 2.75) is 19.8 Å². The van der Waals surface area contributed by atoms with Crippen LogP contribution in [-0.2, 0) is 11.2 Å². The van der Waals surface area contributed by atoms with Crippen LogP contribution in [0.5, 0.6) is 0 Å². The third-order valence-electron chi connectivity index (χ3n) is 3.36. The standard InChI is InChI=1S/C16H22ClN3O/c1-13-5-6-15(10-16(13)17)20-12-14(11-19-20)4-3-7-18-8-9-21-2/h5-6,10-12,18H,3-4,7-9H2,1-2H3. The van der Waals surface area contributed by atoms with Gasteiger partial charge in [0.15, 0.2) is 0 Å². The van der Waals surface area contributed by atoms with Gasteiger partial charge in [-0.25, -0.2) is 4.68 Å². The summed E-state index contributed by atoms with van der Waals surface area (Å²) >= 11 is 6.15. The van der Waals surface area contributed by atoms with E-state index in [0.29, 0.717) is 0 Å². The van der Waals surface area contributed by atoms with E-state index < -0.39 is 0 Å². The van der Waals surface area contributed by atoms with Crippen molar-refractivity contribution in [1.82, 2.24) is 15.1 Å². The Hall–Kier alpha value is -1.36. The summed E-state index contributed by atoms with van der Waals surface area (Å²) in [4.78, 5) is 0. The molecule has 4 nitrogen and oxygen atoms in total. The fourth-order valence-electron chi connectivity index (χ4n) is 2.07. The van der Waals surface area contributed by atoms with Crippen molar-refractivity contribution in [2.75, 3.05) is 26.8 Å². The zero-order chi connectivity index (χ0) is 15.1. The summed E-state index contributed by atoms with van der Waals surface area (Å²) < 4.78 is 6.86. The summed E-state index contributed by atoms with van der Waals surface area (Å²) in [7, 11) is 1.72. The average molecular weight is 308 g/mol. The monoisotopic (exact) mass is 307 g/mol. The van der Waals surface area contributed by atoms with Crippen LogP contribution in [-0.4, -0.2) is 36.6 Å².